The van der Waals surface area contributed by atoms with Gasteiger partial charge in [0.15, 0.2) is 0 Å². The molecule has 0 aromatic heterocycles. The van der Waals surface area contributed by atoms with Gasteiger partial charge in [-0.2, -0.15) is 0 Å². The third kappa shape index (κ3) is 4.24. The van der Waals surface area contributed by atoms with Crippen molar-refractivity contribution in [2.75, 3.05) is 13.7 Å². The van der Waals surface area contributed by atoms with Gasteiger partial charge in [-0.05, 0) is 42.8 Å². The third-order valence-electron chi connectivity index (χ3n) is 2.99. The third-order valence-corrected chi connectivity index (χ3v) is 2.99. The van der Waals surface area contributed by atoms with E-state index < -0.39 is 0 Å². The molecule has 2 rings (SSSR count). The first-order chi connectivity index (χ1) is 10.2. The Morgan fingerprint density at radius 3 is 2.62 bits per heavy atom. The zero-order valence-corrected chi connectivity index (χ0v) is 12.3. The summed E-state index contributed by atoms with van der Waals surface area (Å²) in [5, 5.41) is 2.89. The Hall–Kier alpha value is -2.49. The van der Waals surface area contributed by atoms with Crippen molar-refractivity contribution < 1.29 is 14.3 Å². The van der Waals surface area contributed by atoms with Gasteiger partial charge in [-0.3, -0.25) is 4.79 Å². The number of methoxy groups -OCH3 is 1. The standard InChI is InChI=1S/C17H19NO3/c1-3-21-16-9-5-7-14(11-16)17(19)18-12-13-6-4-8-15(10-13)20-2/h4-11H,3,12H2,1-2H3,(H,18,19). The van der Waals surface area contributed by atoms with E-state index >= 15 is 0 Å². The number of nitrogens with one attached hydrogen (secondary N) is 1. The second-order valence-electron chi connectivity index (χ2n) is 4.50. The van der Waals surface area contributed by atoms with Crippen molar-refractivity contribution in [3.8, 4) is 11.5 Å². The van der Waals surface area contributed by atoms with Crippen molar-refractivity contribution in [2.24, 2.45) is 0 Å². The van der Waals surface area contributed by atoms with Gasteiger partial charge in [0.25, 0.3) is 5.91 Å². The van der Waals surface area contributed by atoms with Crippen LogP contribution in [0.4, 0.5) is 0 Å². The molecule has 0 radical (unpaired) electrons. The molecule has 1 N–H and O–H groups in total. The molecule has 4 heteroatoms. The topological polar surface area (TPSA) is 47.6 Å². The van der Waals surface area contributed by atoms with Crippen molar-refractivity contribution in [3.63, 3.8) is 0 Å². The molecular weight excluding hydrogens is 266 g/mol. The molecule has 0 aliphatic heterocycles. The van der Waals surface area contributed by atoms with Crippen LogP contribution in [0, 0.1) is 0 Å². The molecule has 0 atom stereocenters. The van der Waals surface area contributed by atoms with Gasteiger partial charge >= 0.3 is 0 Å². The van der Waals surface area contributed by atoms with Gasteiger partial charge in [-0.1, -0.05) is 18.2 Å². The van der Waals surface area contributed by atoms with Gasteiger partial charge in [0.05, 0.1) is 13.7 Å². The molecular formula is C17H19NO3. The number of carbonyl (C=O) groups excluding carboxylic acids is 1. The van der Waals surface area contributed by atoms with Gasteiger partial charge in [-0.25, -0.2) is 0 Å². The predicted octanol–water partition coefficient (Wildman–Crippen LogP) is 3.02. The maximum absolute atomic E-state index is 12.1. The first-order valence-electron chi connectivity index (χ1n) is 6.87. The average molecular weight is 285 g/mol. The maximum Gasteiger partial charge on any atom is 0.251 e. The van der Waals surface area contributed by atoms with Crippen LogP contribution in [0.3, 0.4) is 0 Å². The van der Waals surface area contributed by atoms with E-state index in [2.05, 4.69) is 5.32 Å². The van der Waals surface area contributed by atoms with Crippen LogP contribution >= 0.6 is 0 Å². The highest BCUT2D eigenvalue weighted by Crippen LogP contribution is 2.14. The fraction of sp³-hybridized carbons (Fsp3) is 0.235. The number of hydrogen-bond acceptors (Lipinski definition) is 3. The Bertz CT molecular complexity index is 610. The summed E-state index contributed by atoms with van der Waals surface area (Å²) in [7, 11) is 1.62. The van der Waals surface area contributed by atoms with Crippen LogP contribution in [0.1, 0.15) is 22.8 Å². The zero-order valence-electron chi connectivity index (χ0n) is 12.3. The predicted molar refractivity (Wildman–Crippen MR) is 81.8 cm³/mol. The summed E-state index contributed by atoms with van der Waals surface area (Å²) < 4.78 is 10.6. The minimum atomic E-state index is -0.126. The number of hydrogen-bond donors (Lipinski definition) is 1. The molecule has 0 aliphatic rings. The van der Waals surface area contributed by atoms with Crippen LogP contribution in [0.15, 0.2) is 48.5 Å². The lowest BCUT2D eigenvalue weighted by molar-refractivity contribution is 0.0950. The average Bonchev–Trinajstić information content (AvgIpc) is 2.53. The SMILES string of the molecule is CCOc1cccc(C(=O)NCc2cccc(OC)c2)c1. The van der Waals surface area contributed by atoms with Gasteiger partial charge in [0, 0.05) is 12.1 Å². The number of carbonyl (C=O) groups is 1. The van der Waals surface area contributed by atoms with E-state index in [4.69, 9.17) is 9.47 Å². The highest BCUT2D eigenvalue weighted by Gasteiger charge is 2.06. The lowest BCUT2D eigenvalue weighted by Gasteiger charge is -2.08. The van der Waals surface area contributed by atoms with Crippen LogP contribution in [0.5, 0.6) is 11.5 Å². The second-order valence-corrected chi connectivity index (χ2v) is 4.50. The van der Waals surface area contributed by atoms with Crippen LogP contribution in [-0.2, 0) is 6.54 Å². The zero-order chi connectivity index (χ0) is 15.1. The monoisotopic (exact) mass is 285 g/mol. The molecule has 2 aromatic carbocycles. The lowest BCUT2D eigenvalue weighted by atomic mass is 10.2. The molecule has 21 heavy (non-hydrogen) atoms. The van der Waals surface area contributed by atoms with E-state index in [1.807, 2.05) is 43.3 Å². The van der Waals surface area contributed by atoms with Crippen LogP contribution in [0.25, 0.3) is 0 Å². The summed E-state index contributed by atoms with van der Waals surface area (Å²) in [6.07, 6.45) is 0. The molecule has 1 amide bonds. The maximum atomic E-state index is 12.1. The molecule has 0 fully saturated rings. The van der Waals surface area contributed by atoms with Gasteiger partial charge in [-0.15, -0.1) is 0 Å². The van der Waals surface area contributed by atoms with Crippen molar-refractivity contribution in [3.05, 3.63) is 59.7 Å². The molecule has 0 unspecified atom stereocenters. The number of rotatable bonds is 6. The molecule has 4 nitrogen and oxygen atoms in total. The van der Waals surface area contributed by atoms with Gasteiger partial charge < -0.3 is 14.8 Å². The number of ether oxygens (including phenoxy) is 2. The van der Waals surface area contributed by atoms with E-state index in [9.17, 15) is 4.79 Å². The molecule has 0 aliphatic carbocycles. The first-order valence-corrected chi connectivity index (χ1v) is 6.87. The minimum Gasteiger partial charge on any atom is -0.497 e. The Labute approximate surface area is 124 Å². The summed E-state index contributed by atoms with van der Waals surface area (Å²) in [4.78, 5) is 12.1. The smallest absolute Gasteiger partial charge is 0.251 e. The fourth-order valence-electron chi connectivity index (χ4n) is 1.96. The van der Waals surface area contributed by atoms with Gasteiger partial charge in [0.2, 0.25) is 0 Å². The highest BCUT2D eigenvalue weighted by molar-refractivity contribution is 5.94. The fourth-order valence-corrected chi connectivity index (χ4v) is 1.96. The van der Waals surface area contributed by atoms with Crippen LogP contribution < -0.4 is 14.8 Å². The summed E-state index contributed by atoms with van der Waals surface area (Å²) in [5.74, 6) is 1.35. The minimum absolute atomic E-state index is 0.126. The molecule has 2 aromatic rings. The molecule has 0 heterocycles. The lowest BCUT2D eigenvalue weighted by Crippen LogP contribution is -2.22. The van der Waals surface area contributed by atoms with Crippen LogP contribution in [0.2, 0.25) is 0 Å². The van der Waals surface area contributed by atoms with E-state index in [1.54, 1.807) is 19.2 Å². The van der Waals surface area contributed by atoms with Crippen molar-refractivity contribution in [2.45, 2.75) is 13.5 Å². The largest absolute Gasteiger partial charge is 0.497 e. The summed E-state index contributed by atoms with van der Waals surface area (Å²) in [6, 6.07) is 14.8. The second kappa shape index (κ2) is 7.33. The van der Waals surface area contributed by atoms with E-state index in [0.717, 1.165) is 11.3 Å². The Kier molecular flexibility index (Phi) is 5.21. The highest BCUT2D eigenvalue weighted by atomic mass is 16.5. The summed E-state index contributed by atoms with van der Waals surface area (Å²) >= 11 is 0. The number of benzene rings is 2. The quantitative estimate of drug-likeness (QED) is 0.887. The van der Waals surface area contributed by atoms with Crippen molar-refractivity contribution >= 4 is 5.91 Å². The Balaban J connectivity index is 1.99. The molecule has 0 spiro atoms. The normalized spacial score (nSPS) is 10.0. The molecule has 110 valence electrons. The Morgan fingerprint density at radius 1 is 1.10 bits per heavy atom. The molecule has 0 saturated carbocycles. The number of amides is 1. The van der Waals surface area contributed by atoms with Crippen molar-refractivity contribution in [1.29, 1.82) is 0 Å². The van der Waals surface area contributed by atoms with E-state index in [1.165, 1.54) is 0 Å². The Morgan fingerprint density at radius 2 is 1.86 bits per heavy atom. The van der Waals surface area contributed by atoms with Gasteiger partial charge in [0.1, 0.15) is 11.5 Å². The van der Waals surface area contributed by atoms with E-state index in [0.29, 0.717) is 24.5 Å². The summed E-state index contributed by atoms with van der Waals surface area (Å²) in [5.41, 5.74) is 1.58. The molecule has 0 saturated heterocycles. The van der Waals surface area contributed by atoms with E-state index in [-0.39, 0.29) is 5.91 Å². The molecule has 0 bridgehead atoms. The summed E-state index contributed by atoms with van der Waals surface area (Å²) in [6.45, 7) is 2.94. The van der Waals surface area contributed by atoms with Crippen LogP contribution in [-0.4, -0.2) is 19.6 Å². The first kappa shape index (κ1) is 14.9. The van der Waals surface area contributed by atoms with Crippen molar-refractivity contribution in [1.82, 2.24) is 5.32 Å².